The lowest BCUT2D eigenvalue weighted by molar-refractivity contribution is 0.360. The molecule has 2 aromatic heterocycles. The number of aryl methyl sites for hydroxylation is 1. The first-order chi connectivity index (χ1) is 8.79. The van der Waals surface area contributed by atoms with E-state index in [0.717, 1.165) is 35.4 Å². The van der Waals surface area contributed by atoms with E-state index in [-0.39, 0.29) is 0 Å². The van der Waals surface area contributed by atoms with Crippen LogP contribution in [0.2, 0.25) is 0 Å². The summed E-state index contributed by atoms with van der Waals surface area (Å²) in [5.41, 5.74) is 1.02. The molecule has 3 heterocycles. The summed E-state index contributed by atoms with van der Waals surface area (Å²) in [4.78, 5) is 8.83. The average molecular weight is 264 g/mol. The molecule has 1 N–H and O–H groups in total. The predicted molar refractivity (Wildman–Crippen MR) is 68.7 cm³/mol. The van der Waals surface area contributed by atoms with Gasteiger partial charge in [-0.05, 0) is 26.3 Å². The van der Waals surface area contributed by atoms with Gasteiger partial charge in [0.05, 0.1) is 17.1 Å². The molecule has 0 spiro atoms. The molecule has 1 aliphatic heterocycles. The van der Waals surface area contributed by atoms with Gasteiger partial charge in [-0.1, -0.05) is 5.16 Å². The first-order valence-electron chi connectivity index (χ1n) is 6.25. The van der Waals surface area contributed by atoms with E-state index in [1.165, 1.54) is 12.8 Å². The van der Waals surface area contributed by atoms with E-state index in [1.807, 2.05) is 12.3 Å². The third kappa shape index (κ3) is 2.76. The highest BCUT2D eigenvalue weighted by Crippen LogP contribution is 2.13. The predicted octanol–water partition coefficient (Wildman–Crippen LogP) is 1.72. The summed E-state index contributed by atoms with van der Waals surface area (Å²) in [7, 11) is 0. The first kappa shape index (κ1) is 11.8. The van der Waals surface area contributed by atoms with Crippen LogP contribution in [0, 0.1) is 6.92 Å². The lowest BCUT2D eigenvalue weighted by atomic mass is 10.1. The van der Waals surface area contributed by atoms with Gasteiger partial charge in [-0.25, -0.2) is 4.98 Å². The molecule has 0 amide bonds. The van der Waals surface area contributed by atoms with Gasteiger partial charge < -0.3 is 9.84 Å². The Balaban J connectivity index is 1.62. The lowest BCUT2D eigenvalue weighted by Gasteiger charge is -2.04. The van der Waals surface area contributed by atoms with Crippen LogP contribution in [0.25, 0.3) is 0 Å². The Hall–Kier alpha value is -1.27. The van der Waals surface area contributed by atoms with Gasteiger partial charge in [-0.15, -0.1) is 11.3 Å². The van der Waals surface area contributed by atoms with Crippen LogP contribution >= 0.6 is 11.3 Å². The number of rotatable bonds is 4. The molecule has 1 saturated heterocycles. The highest BCUT2D eigenvalue weighted by atomic mass is 32.1. The standard InChI is InChI=1S/C12H16N4OS/c1-8-14-10(7-18-8)5-11-15-12(17-16-11)6-9-3-2-4-13-9/h7,9,13H,2-6H2,1H3. The molecule has 0 radical (unpaired) electrons. The second kappa shape index (κ2) is 5.16. The van der Waals surface area contributed by atoms with Crippen LogP contribution in [0.4, 0.5) is 0 Å². The summed E-state index contributed by atoms with van der Waals surface area (Å²) in [6.07, 6.45) is 3.93. The molecule has 2 aromatic rings. The zero-order chi connectivity index (χ0) is 12.4. The molecule has 0 saturated carbocycles. The Labute approximate surface area is 110 Å². The van der Waals surface area contributed by atoms with E-state index in [4.69, 9.17) is 4.52 Å². The van der Waals surface area contributed by atoms with Gasteiger partial charge in [-0.3, -0.25) is 0 Å². The van der Waals surface area contributed by atoms with Crippen LogP contribution in [0.3, 0.4) is 0 Å². The van der Waals surface area contributed by atoms with Crippen molar-refractivity contribution >= 4 is 11.3 Å². The molecule has 1 atom stereocenters. The van der Waals surface area contributed by atoms with E-state index < -0.39 is 0 Å². The minimum absolute atomic E-state index is 0.500. The fourth-order valence-corrected chi connectivity index (χ4v) is 2.85. The number of nitrogens with one attached hydrogen (secondary N) is 1. The van der Waals surface area contributed by atoms with E-state index in [0.29, 0.717) is 12.5 Å². The molecule has 6 heteroatoms. The van der Waals surface area contributed by atoms with Crippen molar-refractivity contribution in [1.29, 1.82) is 0 Å². The number of thiazole rings is 1. The van der Waals surface area contributed by atoms with Crippen LogP contribution < -0.4 is 5.32 Å². The molecule has 0 aromatic carbocycles. The maximum atomic E-state index is 5.28. The molecule has 5 nitrogen and oxygen atoms in total. The number of hydrogen-bond donors (Lipinski definition) is 1. The molecule has 3 rings (SSSR count). The minimum Gasteiger partial charge on any atom is -0.339 e. The van der Waals surface area contributed by atoms with Gasteiger partial charge in [0.15, 0.2) is 5.82 Å². The third-order valence-electron chi connectivity index (χ3n) is 3.10. The third-order valence-corrected chi connectivity index (χ3v) is 3.92. The van der Waals surface area contributed by atoms with E-state index in [9.17, 15) is 0 Å². The summed E-state index contributed by atoms with van der Waals surface area (Å²) in [6.45, 7) is 3.10. The SMILES string of the molecule is Cc1nc(Cc2noc(CC3CCCN3)n2)cs1. The van der Waals surface area contributed by atoms with Crippen molar-refractivity contribution in [2.75, 3.05) is 6.54 Å². The molecule has 1 aliphatic rings. The second-order valence-corrected chi connectivity index (χ2v) is 5.70. The zero-order valence-corrected chi connectivity index (χ0v) is 11.2. The smallest absolute Gasteiger partial charge is 0.228 e. The first-order valence-corrected chi connectivity index (χ1v) is 7.13. The summed E-state index contributed by atoms with van der Waals surface area (Å²) in [6, 6.07) is 0.500. The number of nitrogens with zero attached hydrogens (tertiary/aromatic N) is 3. The van der Waals surface area contributed by atoms with E-state index in [1.54, 1.807) is 11.3 Å². The minimum atomic E-state index is 0.500. The summed E-state index contributed by atoms with van der Waals surface area (Å²) in [5.74, 6) is 1.46. The van der Waals surface area contributed by atoms with Gasteiger partial charge in [0.1, 0.15) is 0 Å². The molecule has 18 heavy (non-hydrogen) atoms. The average Bonchev–Trinajstić information content (AvgIpc) is 3.04. The van der Waals surface area contributed by atoms with Crippen molar-refractivity contribution in [3.63, 3.8) is 0 Å². The molecular formula is C12H16N4OS. The quantitative estimate of drug-likeness (QED) is 0.911. The van der Waals surface area contributed by atoms with Crippen molar-refractivity contribution in [2.45, 2.75) is 38.6 Å². The van der Waals surface area contributed by atoms with Crippen molar-refractivity contribution in [1.82, 2.24) is 20.4 Å². The highest BCUT2D eigenvalue weighted by molar-refractivity contribution is 7.09. The summed E-state index contributed by atoms with van der Waals surface area (Å²) in [5, 5.41) is 10.6. The topological polar surface area (TPSA) is 63.8 Å². The number of hydrogen-bond acceptors (Lipinski definition) is 6. The van der Waals surface area contributed by atoms with Gasteiger partial charge in [0.2, 0.25) is 5.89 Å². The summed E-state index contributed by atoms with van der Waals surface area (Å²) >= 11 is 1.65. The Morgan fingerprint density at radius 3 is 3.17 bits per heavy atom. The van der Waals surface area contributed by atoms with E-state index >= 15 is 0 Å². The Morgan fingerprint density at radius 1 is 1.50 bits per heavy atom. The number of aromatic nitrogens is 3. The van der Waals surface area contributed by atoms with Crippen LogP contribution in [0.15, 0.2) is 9.90 Å². The second-order valence-electron chi connectivity index (χ2n) is 4.64. The normalized spacial score (nSPS) is 19.5. The van der Waals surface area contributed by atoms with Gasteiger partial charge in [0, 0.05) is 17.8 Å². The highest BCUT2D eigenvalue weighted by Gasteiger charge is 2.18. The zero-order valence-electron chi connectivity index (χ0n) is 10.3. The molecule has 0 aliphatic carbocycles. The van der Waals surface area contributed by atoms with Crippen molar-refractivity contribution in [2.24, 2.45) is 0 Å². The maximum absolute atomic E-state index is 5.28. The van der Waals surface area contributed by atoms with Crippen molar-refractivity contribution < 1.29 is 4.52 Å². The molecule has 1 fully saturated rings. The van der Waals surface area contributed by atoms with E-state index in [2.05, 4.69) is 20.4 Å². The fourth-order valence-electron chi connectivity index (χ4n) is 2.24. The largest absolute Gasteiger partial charge is 0.339 e. The van der Waals surface area contributed by atoms with Crippen molar-refractivity contribution in [3.05, 3.63) is 27.8 Å². The monoisotopic (exact) mass is 264 g/mol. The summed E-state index contributed by atoms with van der Waals surface area (Å²) < 4.78 is 5.28. The fraction of sp³-hybridized carbons (Fsp3) is 0.583. The Morgan fingerprint density at radius 2 is 2.44 bits per heavy atom. The van der Waals surface area contributed by atoms with Gasteiger partial charge in [0.25, 0.3) is 0 Å². The maximum Gasteiger partial charge on any atom is 0.228 e. The van der Waals surface area contributed by atoms with Crippen LogP contribution in [0.1, 0.15) is 35.3 Å². The van der Waals surface area contributed by atoms with Gasteiger partial charge >= 0.3 is 0 Å². The van der Waals surface area contributed by atoms with Crippen LogP contribution in [0.5, 0.6) is 0 Å². The molecule has 0 bridgehead atoms. The molecule has 96 valence electrons. The molecular weight excluding hydrogens is 248 g/mol. The van der Waals surface area contributed by atoms with Crippen LogP contribution in [-0.4, -0.2) is 27.7 Å². The lowest BCUT2D eigenvalue weighted by Crippen LogP contribution is -2.23. The Bertz CT molecular complexity index is 516. The van der Waals surface area contributed by atoms with Crippen LogP contribution in [-0.2, 0) is 12.8 Å². The van der Waals surface area contributed by atoms with Gasteiger partial charge in [-0.2, -0.15) is 4.98 Å². The Kier molecular flexibility index (Phi) is 3.38. The van der Waals surface area contributed by atoms with Crippen molar-refractivity contribution in [3.8, 4) is 0 Å². The molecule has 1 unspecified atom stereocenters.